The second-order valence-corrected chi connectivity index (χ2v) is 6.46. The van der Waals surface area contributed by atoms with E-state index < -0.39 is 12.2 Å². The lowest BCUT2D eigenvalue weighted by Crippen LogP contribution is -2.20. The summed E-state index contributed by atoms with van der Waals surface area (Å²) in [6.45, 7) is 0. The monoisotopic (exact) mass is 327 g/mol. The first-order valence-corrected chi connectivity index (χ1v) is 8.40. The van der Waals surface area contributed by atoms with Crippen molar-refractivity contribution >= 4 is 21.7 Å². The topological polar surface area (TPSA) is 42.4 Å². The van der Waals surface area contributed by atoms with Crippen LogP contribution in [0.3, 0.4) is 0 Å². The van der Waals surface area contributed by atoms with Crippen LogP contribution < -0.4 is 0 Å². The largest absolute Gasteiger partial charge is 0.385 e. The van der Waals surface area contributed by atoms with Gasteiger partial charge in [-0.05, 0) is 34.0 Å². The van der Waals surface area contributed by atoms with E-state index in [1.54, 1.807) is 7.11 Å². The van der Waals surface area contributed by atoms with Crippen molar-refractivity contribution in [1.29, 1.82) is 0 Å². The first-order valence-electron chi connectivity index (χ1n) is 8.40. The minimum atomic E-state index is -0.709. The van der Waals surface area contributed by atoms with E-state index >= 15 is 0 Å². The Morgan fingerprint density at radius 3 is 2.56 bits per heavy atom. The van der Waals surface area contributed by atoms with Gasteiger partial charge in [-0.1, -0.05) is 54.6 Å². The zero-order valence-corrected chi connectivity index (χ0v) is 13.8. The van der Waals surface area contributed by atoms with Gasteiger partial charge < -0.3 is 9.84 Å². The van der Waals surface area contributed by atoms with Crippen molar-refractivity contribution in [2.75, 3.05) is 7.11 Å². The molecule has 3 nitrogen and oxygen atoms in total. The highest BCUT2D eigenvalue weighted by atomic mass is 16.5. The standard InChI is InChI=1S/C22H17NO2/c1-25-22-20-18(15-8-4-5-9-16(15)21(22)24)12-17-14-7-3-2-6-13(14)10-11-19(17)23-20/h2-12,21-22,24H,1H3. The molecule has 0 bridgehead atoms. The number of benzene rings is 3. The molecule has 1 N–H and O–H groups in total. The molecular formula is C22H17NO2. The van der Waals surface area contributed by atoms with Gasteiger partial charge in [0.05, 0.1) is 11.2 Å². The molecule has 3 heteroatoms. The highest BCUT2D eigenvalue weighted by Gasteiger charge is 2.34. The van der Waals surface area contributed by atoms with Gasteiger partial charge in [0.25, 0.3) is 0 Å². The van der Waals surface area contributed by atoms with E-state index in [-0.39, 0.29) is 0 Å². The molecule has 0 aliphatic heterocycles. The van der Waals surface area contributed by atoms with E-state index in [1.165, 1.54) is 10.8 Å². The molecule has 5 rings (SSSR count). The van der Waals surface area contributed by atoms with E-state index in [1.807, 2.05) is 36.4 Å². The second-order valence-electron chi connectivity index (χ2n) is 6.46. The Morgan fingerprint density at radius 1 is 0.880 bits per heavy atom. The number of hydrogen-bond acceptors (Lipinski definition) is 3. The highest BCUT2D eigenvalue weighted by Crippen LogP contribution is 2.46. The molecular weight excluding hydrogens is 310 g/mol. The number of hydrogen-bond donors (Lipinski definition) is 1. The summed E-state index contributed by atoms with van der Waals surface area (Å²) in [7, 11) is 1.62. The molecule has 122 valence electrons. The first-order chi connectivity index (χ1) is 12.3. The second kappa shape index (κ2) is 5.38. The van der Waals surface area contributed by atoms with Crippen LogP contribution in [0.4, 0.5) is 0 Å². The molecule has 1 heterocycles. The van der Waals surface area contributed by atoms with Crippen LogP contribution in [-0.4, -0.2) is 17.2 Å². The highest BCUT2D eigenvalue weighted by molar-refractivity contribution is 6.07. The molecule has 0 spiro atoms. The maximum Gasteiger partial charge on any atom is 0.130 e. The van der Waals surface area contributed by atoms with Crippen molar-refractivity contribution < 1.29 is 9.84 Å². The molecule has 2 unspecified atom stereocenters. The third-order valence-corrected chi connectivity index (χ3v) is 5.13. The zero-order valence-electron chi connectivity index (χ0n) is 13.8. The number of aromatic nitrogens is 1. The average Bonchev–Trinajstić information content (AvgIpc) is 2.67. The molecule has 0 saturated heterocycles. The normalized spacial score (nSPS) is 19.0. The molecule has 0 saturated carbocycles. The third kappa shape index (κ3) is 2.03. The number of rotatable bonds is 1. The number of aliphatic hydroxyl groups excluding tert-OH is 1. The summed E-state index contributed by atoms with van der Waals surface area (Å²) in [5.41, 5.74) is 4.68. The zero-order chi connectivity index (χ0) is 17.0. The summed E-state index contributed by atoms with van der Waals surface area (Å²) < 4.78 is 5.61. The van der Waals surface area contributed by atoms with Crippen LogP contribution in [0, 0.1) is 0 Å². The predicted octanol–water partition coefficient (Wildman–Crippen LogP) is 4.79. The number of ether oxygens (including phenoxy) is 1. The summed E-state index contributed by atoms with van der Waals surface area (Å²) in [5, 5.41) is 14.3. The molecule has 1 aromatic heterocycles. The van der Waals surface area contributed by atoms with Crippen molar-refractivity contribution in [1.82, 2.24) is 4.98 Å². The molecule has 25 heavy (non-hydrogen) atoms. The van der Waals surface area contributed by atoms with Crippen molar-refractivity contribution in [3.63, 3.8) is 0 Å². The van der Waals surface area contributed by atoms with Crippen molar-refractivity contribution in [3.8, 4) is 11.1 Å². The van der Waals surface area contributed by atoms with Crippen LogP contribution in [0.1, 0.15) is 23.5 Å². The van der Waals surface area contributed by atoms with Crippen molar-refractivity contribution in [2.45, 2.75) is 12.2 Å². The first kappa shape index (κ1) is 14.6. The lowest BCUT2D eigenvalue weighted by Gasteiger charge is -2.30. The van der Waals surface area contributed by atoms with Crippen LogP contribution in [0.2, 0.25) is 0 Å². The van der Waals surface area contributed by atoms with Crippen LogP contribution in [0.5, 0.6) is 0 Å². The van der Waals surface area contributed by atoms with Gasteiger partial charge in [-0.25, -0.2) is 4.98 Å². The smallest absolute Gasteiger partial charge is 0.130 e. The quantitative estimate of drug-likeness (QED) is 0.511. The van der Waals surface area contributed by atoms with Gasteiger partial charge in [-0.15, -0.1) is 0 Å². The van der Waals surface area contributed by atoms with Gasteiger partial charge in [-0.2, -0.15) is 0 Å². The van der Waals surface area contributed by atoms with E-state index in [4.69, 9.17) is 9.72 Å². The maximum atomic E-state index is 10.7. The van der Waals surface area contributed by atoms with Crippen molar-refractivity contribution in [3.05, 3.63) is 78.0 Å². The fourth-order valence-electron chi connectivity index (χ4n) is 3.93. The van der Waals surface area contributed by atoms with E-state index in [9.17, 15) is 5.11 Å². The summed E-state index contributed by atoms with van der Waals surface area (Å²) in [6, 6.07) is 22.6. The van der Waals surface area contributed by atoms with Gasteiger partial charge in [-0.3, -0.25) is 0 Å². The Bertz CT molecular complexity index is 1120. The van der Waals surface area contributed by atoms with Crippen LogP contribution >= 0.6 is 0 Å². The van der Waals surface area contributed by atoms with Crippen molar-refractivity contribution in [2.24, 2.45) is 0 Å². The fourth-order valence-corrected chi connectivity index (χ4v) is 3.93. The number of fused-ring (bicyclic) bond motifs is 6. The SMILES string of the molecule is COC1c2nc3ccc4ccccc4c3cc2-c2ccccc2C1O. The Hall–Kier alpha value is -2.75. The summed E-state index contributed by atoms with van der Waals surface area (Å²) in [5.74, 6) is 0. The van der Waals surface area contributed by atoms with E-state index in [0.29, 0.717) is 0 Å². The molecule has 1 aliphatic carbocycles. The summed E-state index contributed by atoms with van der Waals surface area (Å²) in [4.78, 5) is 4.88. The minimum absolute atomic E-state index is 0.458. The lowest BCUT2D eigenvalue weighted by atomic mass is 9.84. The molecule has 0 fully saturated rings. The summed E-state index contributed by atoms with van der Waals surface area (Å²) >= 11 is 0. The average molecular weight is 327 g/mol. The molecule has 4 aromatic rings. The third-order valence-electron chi connectivity index (χ3n) is 5.13. The Balaban J connectivity index is 1.91. The van der Waals surface area contributed by atoms with Crippen LogP contribution in [0.25, 0.3) is 32.8 Å². The molecule has 0 radical (unpaired) electrons. The molecule has 2 atom stereocenters. The van der Waals surface area contributed by atoms with Gasteiger partial charge in [0.15, 0.2) is 0 Å². The number of pyridine rings is 1. The summed E-state index contributed by atoms with van der Waals surface area (Å²) in [6.07, 6.45) is -1.17. The van der Waals surface area contributed by atoms with E-state index in [2.05, 4.69) is 30.3 Å². The van der Waals surface area contributed by atoms with Gasteiger partial charge in [0.1, 0.15) is 12.2 Å². The number of methoxy groups -OCH3 is 1. The fraction of sp³-hybridized carbons (Fsp3) is 0.136. The molecule has 1 aliphatic rings. The Labute approximate surface area is 145 Å². The predicted molar refractivity (Wildman–Crippen MR) is 99.4 cm³/mol. The van der Waals surface area contributed by atoms with Crippen LogP contribution in [0.15, 0.2) is 66.7 Å². The molecule has 0 amide bonds. The van der Waals surface area contributed by atoms with Gasteiger partial charge >= 0.3 is 0 Å². The van der Waals surface area contributed by atoms with Crippen LogP contribution in [-0.2, 0) is 4.74 Å². The van der Waals surface area contributed by atoms with Gasteiger partial charge in [0, 0.05) is 18.1 Å². The van der Waals surface area contributed by atoms with E-state index in [0.717, 1.165) is 33.3 Å². The lowest BCUT2D eigenvalue weighted by molar-refractivity contribution is -0.0185. The Morgan fingerprint density at radius 2 is 1.68 bits per heavy atom. The maximum absolute atomic E-state index is 10.7. The van der Waals surface area contributed by atoms with Gasteiger partial charge in [0.2, 0.25) is 0 Å². The number of aliphatic hydroxyl groups is 1. The Kier molecular flexibility index (Phi) is 3.14. The minimum Gasteiger partial charge on any atom is -0.385 e. The number of nitrogens with zero attached hydrogens (tertiary/aromatic N) is 1. The molecule has 3 aromatic carbocycles.